The molecule has 1 atom stereocenters. The zero-order valence-corrected chi connectivity index (χ0v) is 8.99. The molecule has 2 heterocycles. The van der Waals surface area contributed by atoms with Crippen molar-refractivity contribution in [1.82, 2.24) is 4.90 Å². The maximum atomic E-state index is 11.8. The van der Waals surface area contributed by atoms with Crippen molar-refractivity contribution in [2.75, 3.05) is 13.2 Å². The van der Waals surface area contributed by atoms with Gasteiger partial charge in [-0.2, -0.15) is 0 Å². The van der Waals surface area contributed by atoms with Crippen LogP contribution >= 0.6 is 0 Å². The van der Waals surface area contributed by atoms with E-state index in [0.29, 0.717) is 11.7 Å². The van der Waals surface area contributed by atoms with Crippen LogP contribution < -0.4 is 0 Å². The molecule has 0 aromatic carbocycles. The lowest BCUT2D eigenvalue weighted by Gasteiger charge is -2.14. The van der Waals surface area contributed by atoms with Gasteiger partial charge in [0.2, 0.25) is 5.17 Å². The summed E-state index contributed by atoms with van der Waals surface area (Å²) in [6, 6.07) is 0. The minimum absolute atomic E-state index is 0.166. The Labute approximate surface area is 89.6 Å². The van der Waals surface area contributed by atoms with Gasteiger partial charge in [0.1, 0.15) is 15.7 Å². The number of hydrogen-bond donors (Lipinski definition) is 0. The third-order valence-electron chi connectivity index (χ3n) is 1.95. The number of rotatable bonds is 2. The fourth-order valence-electron chi connectivity index (χ4n) is 1.31. The van der Waals surface area contributed by atoms with Crippen LogP contribution in [0.15, 0.2) is 28.4 Å². The first-order valence-electron chi connectivity index (χ1n) is 4.54. The second-order valence-electron chi connectivity index (χ2n) is 2.93. The molecule has 1 unspecified atom stereocenters. The van der Waals surface area contributed by atoms with Gasteiger partial charge in [-0.25, -0.2) is 14.0 Å². The number of hydrogen-bond acceptors (Lipinski definition) is 5. The van der Waals surface area contributed by atoms with Crippen LogP contribution in [0, 0.1) is 0 Å². The molecule has 0 aromatic rings. The van der Waals surface area contributed by atoms with Gasteiger partial charge >= 0.3 is 5.97 Å². The summed E-state index contributed by atoms with van der Waals surface area (Å²) in [6.07, 6.45) is 4.95. The summed E-state index contributed by atoms with van der Waals surface area (Å²) < 4.78 is 16.6. The molecule has 0 saturated heterocycles. The Hall–Kier alpha value is -1.43. The van der Waals surface area contributed by atoms with Gasteiger partial charge in [0.15, 0.2) is 0 Å². The second-order valence-corrected chi connectivity index (χ2v) is 4.27. The maximum absolute atomic E-state index is 11.8. The molecule has 0 spiro atoms. The number of ether oxygens (including phenoxy) is 1. The van der Waals surface area contributed by atoms with E-state index < -0.39 is 16.8 Å². The van der Waals surface area contributed by atoms with Crippen molar-refractivity contribution in [1.29, 1.82) is 0 Å². The van der Waals surface area contributed by atoms with Gasteiger partial charge in [-0.3, -0.25) is 0 Å². The summed E-state index contributed by atoms with van der Waals surface area (Å²) in [4.78, 5) is 17.2. The number of amidine groups is 1. The molecule has 0 fully saturated rings. The molecule has 0 N–H and O–H groups in total. The van der Waals surface area contributed by atoms with Crippen molar-refractivity contribution in [2.24, 2.45) is 4.99 Å². The van der Waals surface area contributed by atoms with E-state index in [9.17, 15) is 9.00 Å². The monoisotopic (exact) mass is 226 g/mol. The van der Waals surface area contributed by atoms with Crippen LogP contribution in [0.3, 0.4) is 0 Å². The molecule has 80 valence electrons. The number of nitrogens with zero attached hydrogens (tertiary/aromatic N) is 2. The van der Waals surface area contributed by atoms with E-state index in [1.54, 1.807) is 18.0 Å². The zero-order valence-electron chi connectivity index (χ0n) is 8.17. The highest BCUT2D eigenvalue weighted by Crippen LogP contribution is 2.21. The van der Waals surface area contributed by atoms with Gasteiger partial charge in [0, 0.05) is 18.9 Å². The summed E-state index contributed by atoms with van der Waals surface area (Å²) in [5.74, 6) is -0.534. The van der Waals surface area contributed by atoms with Crippen LogP contribution in [0.25, 0.3) is 0 Å². The smallest absolute Gasteiger partial charge is 0.349 e. The lowest BCUT2D eigenvalue weighted by Crippen LogP contribution is -2.26. The van der Waals surface area contributed by atoms with Gasteiger partial charge in [-0.05, 0) is 13.0 Å². The van der Waals surface area contributed by atoms with E-state index in [-0.39, 0.29) is 11.5 Å². The van der Waals surface area contributed by atoms with Crippen molar-refractivity contribution in [2.45, 2.75) is 6.92 Å². The Balaban J connectivity index is 2.23. The lowest BCUT2D eigenvalue weighted by molar-refractivity contribution is -0.137. The van der Waals surface area contributed by atoms with Crippen molar-refractivity contribution < 1.29 is 13.7 Å². The van der Waals surface area contributed by atoms with Crippen molar-refractivity contribution in [3.05, 3.63) is 23.4 Å². The number of carbonyl (C=O) groups is 1. The first-order valence-corrected chi connectivity index (χ1v) is 5.69. The van der Waals surface area contributed by atoms with E-state index >= 15 is 0 Å². The number of esters is 1. The summed E-state index contributed by atoms with van der Waals surface area (Å²) >= 11 is 0. The molecule has 6 heteroatoms. The first-order chi connectivity index (χ1) is 7.24. The highest BCUT2D eigenvalue weighted by Gasteiger charge is 2.33. The summed E-state index contributed by atoms with van der Waals surface area (Å²) in [6.45, 7) is 2.58. The van der Waals surface area contributed by atoms with Gasteiger partial charge in [-0.1, -0.05) is 0 Å². The Kier molecular flexibility index (Phi) is 2.68. The van der Waals surface area contributed by atoms with E-state index in [1.807, 2.05) is 6.08 Å². The normalized spacial score (nSPS) is 23.3. The molecular weight excluding hydrogens is 216 g/mol. The maximum Gasteiger partial charge on any atom is 0.349 e. The predicted molar refractivity (Wildman–Crippen MR) is 56.1 cm³/mol. The molecule has 5 nitrogen and oxygen atoms in total. The average Bonchev–Trinajstić information content (AvgIpc) is 2.57. The van der Waals surface area contributed by atoms with Gasteiger partial charge in [-0.15, -0.1) is 0 Å². The molecule has 2 rings (SSSR count). The molecule has 0 aromatic heterocycles. The number of aliphatic imine (C=N–C) groups is 1. The van der Waals surface area contributed by atoms with Crippen molar-refractivity contribution in [3.8, 4) is 0 Å². The fraction of sp³-hybridized carbons (Fsp3) is 0.333. The van der Waals surface area contributed by atoms with Gasteiger partial charge in [0.05, 0.1) is 6.61 Å². The van der Waals surface area contributed by atoms with Gasteiger partial charge < -0.3 is 9.64 Å². The van der Waals surface area contributed by atoms with Gasteiger partial charge in [0.25, 0.3) is 0 Å². The number of carbonyl (C=O) groups excluding carboxylic acids is 1. The molecular formula is C9H10N2O3S. The zero-order chi connectivity index (χ0) is 10.8. The van der Waals surface area contributed by atoms with Crippen LogP contribution in [-0.2, 0) is 20.3 Å². The lowest BCUT2D eigenvalue weighted by atomic mass is 10.5. The van der Waals surface area contributed by atoms with Crippen LogP contribution in [0.2, 0.25) is 0 Å². The molecule has 0 radical (unpaired) electrons. The highest BCUT2D eigenvalue weighted by atomic mass is 32.2. The number of fused-ring (bicyclic) bond motifs is 1. The van der Waals surface area contributed by atoms with Crippen LogP contribution in [0.4, 0.5) is 0 Å². The molecule has 2 aliphatic heterocycles. The second kappa shape index (κ2) is 3.98. The standard InChI is InChI=1S/C9H10N2O3S/c1-2-14-8(12)7-6-11-5-3-4-10-9(11)15(7)13/h3-4,6H,2,5H2,1H3. The minimum atomic E-state index is -1.50. The van der Waals surface area contributed by atoms with Crippen molar-refractivity contribution in [3.63, 3.8) is 0 Å². The van der Waals surface area contributed by atoms with Crippen LogP contribution in [0.1, 0.15) is 6.92 Å². The summed E-state index contributed by atoms with van der Waals surface area (Å²) in [7, 11) is -1.50. The topological polar surface area (TPSA) is 59.0 Å². The first kappa shape index (κ1) is 10.1. The van der Waals surface area contributed by atoms with E-state index in [2.05, 4.69) is 4.99 Å². The van der Waals surface area contributed by atoms with Crippen molar-refractivity contribution >= 4 is 21.9 Å². The molecule has 0 saturated carbocycles. The van der Waals surface area contributed by atoms with Crippen LogP contribution in [-0.4, -0.2) is 33.4 Å². The van der Waals surface area contributed by atoms with E-state index in [0.717, 1.165) is 0 Å². The average molecular weight is 226 g/mol. The summed E-state index contributed by atoms with van der Waals surface area (Å²) in [5, 5.41) is 0.403. The Bertz CT molecular complexity index is 412. The Morgan fingerprint density at radius 1 is 1.73 bits per heavy atom. The molecule has 0 amide bonds. The molecule has 2 aliphatic rings. The Morgan fingerprint density at radius 2 is 2.53 bits per heavy atom. The van der Waals surface area contributed by atoms with Crippen LogP contribution in [0.5, 0.6) is 0 Å². The SMILES string of the molecule is CCOC(=O)C1=CN2CC=CN=C2S1=O. The van der Waals surface area contributed by atoms with E-state index in [1.165, 1.54) is 6.20 Å². The third-order valence-corrected chi connectivity index (χ3v) is 3.30. The molecule has 15 heavy (non-hydrogen) atoms. The predicted octanol–water partition coefficient (Wildman–Crippen LogP) is 0.339. The fourth-order valence-corrected chi connectivity index (χ4v) is 2.44. The van der Waals surface area contributed by atoms with E-state index in [4.69, 9.17) is 4.74 Å². The Morgan fingerprint density at radius 3 is 3.20 bits per heavy atom. The third kappa shape index (κ3) is 1.72. The molecule has 0 aliphatic carbocycles. The highest BCUT2D eigenvalue weighted by molar-refractivity contribution is 8.05. The molecule has 0 bridgehead atoms. The minimum Gasteiger partial charge on any atom is -0.462 e. The summed E-state index contributed by atoms with van der Waals surface area (Å²) in [5.41, 5.74) is 0. The largest absolute Gasteiger partial charge is 0.462 e. The quantitative estimate of drug-likeness (QED) is 0.637.